The van der Waals surface area contributed by atoms with Crippen LogP contribution in [0.15, 0.2) is 22.7 Å². The fourth-order valence-electron chi connectivity index (χ4n) is 2.67. The molecule has 1 N–H and O–H groups in total. The van der Waals surface area contributed by atoms with Gasteiger partial charge in [0.2, 0.25) is 5.91 Å². The topological polar surface area (TPSA) is 59.0 Å². The number of aliphatic hydroxyl groups is 1. The number of benzene rings is 1. The Kier molecular flexibility index (Phi) is 6.66. The van der Waals surface area contributed by atoms with Gasteiger partial charge in [-0.15, -0.1) is 0 Å². The number of hydrogen-bond acceptors (Lipinski definition) is 4. The van der Waals surface area contributed by atoms with Gasteiger partial charge in [-0.3, -0.25) is 4.79 Å². The smallest absolute Gasteiger partial charge is 0.228 e. The van der Waals surface area contributed by atoms with E-state index in [1.807, 2.05) is 18.2 Å². The molecule has 0 aromatic heterocycles. The predicted molar refractivity (Wildman–Crippen MR) is 96.0 cm³/mol. The van der Waals surface area contributed by atoms with Gasteiger partial charge in [0.15, 0.2) is 0 Å². The number of amides is 1. The second-order valence-corrected chi connectivity index (χ2v) is 7.79. The SMILES string of the molecule is CN(Cc1cccc(Br)c1OCC(C)(C)O)C(=O)[C@H]1CCCOC1. The zero-order chi connectivity index (χ0) is 17.7. The van der Waals surface area contributed by atoms with Crippen LogP contribution < -0.4 is 4.74 Å². The Hall–Kier alpha value is -1.11. The van der Waals surface area contributed by atoms with Gasteiger partial charge >= 0.3 is 0 Å². The first-order valence-electron chi connectivity index (χ1n) is 8.23. The molecule has 0 radical (unpaired) electrons. The fraction of sp³-hybridized carbons (Fsp3) is 0.611. The second-order valence-electron chi connectivity index (χ2n) is 6.94. The molecule has 24 heavy (non-hydrogen) atoms. The summed E-state index contributed by atoms with van der Waals surface area (Å²) in [4.78, 5) is 14.3. The minimum Gasteiger partial charge on any atom is -0.489 e. The summed E-state index contributed by atoms with van der Waals surface area (Å²) in [5.74, 6) is 0.707. The molecule has 1 fully saturated rings. The summed E-state index contributed by atoms with van der Waals surface area (Å²) in [6, 6.07) is 5.74. The second kappa shape index (κ2) is 8.32. The van der Waals surface area contributed by atoms with E-state index < -0.39 is 5.60 Å². The van der Waals surface area contributed by atoms with Crippen LogP contribution in [0.5, 0.6) is 5.75 Å². The first-order valence-corrected chi connectivity index (χ1v) is 9.02. The summed E-state index contributed by atoms with van der Waals surface area (Å²) in [7, 11) is 1.80. The minimum atomic E-state index is -0.923. The van der Waals surface area contributed by atoms with Crippen molar-refractivity contribution < 1.29 is 19.4 Å². The Morgan fingerprint density at radius 1 is 1.50 bits per heavy atom. The molecular formula is C18H26BrNO4. The van der Waals surface area contributed by atoms with Crippen molar-refractivity contribution in [3.05, 3.63) is 28.2 Å². The third kappa shape index (κ3) is 5.46. The third-order valence-electron chi connectivity index (χ3n) is 3.91. The highest BCUT2D eigenvalue weighted by Gasteiger charge is 2.25. The van der Waals surface area contributed by atoms with Crippen LogP contribution in [0.3, 0.4) is 0 Å². The van der Waals surface area contributed by atoms with E-state index in [1.54, 1.807) is 25.8 Å². The Morgan fingerprint density at radius 2 is 2.25 bits per heavy atom. The molecule has 1 heterocycles. The fourth-order valence-corrected chi connectivity index (χ4v) is 3.19. The standard InChI is InChI=1S/C18H26BrNO4/c1-18(2,22)12-24-16-13(6-4-8-15(16)19)10-20(3)17(21)14-7-5-9-23-11-14/h4,6,8,14,22H,5,7,9-12H2,1-3H3/t14-/m0/s1. The molecule has 1 aromatic rings. The Labute approximate surface area is 152 Å². The molecule has 0 spiro atoms. The van der Waals surface area contributed by atoms with Crippen molar-refractivity contribution in [2.24, 2.45) is 5.92 Å². The first-order chi connectivity index (χ1) is 11.3. The van der Waals surface area contributed by atoms with Gasteiger partial charge in [0.05, 0.1) is 22.6 Å². The van der Waals surface area contributed by atoms with E-state index in [9.17, 15) is 9.90 Å². The number of rotatable bonds is 6. The highest BCUT2D eigenvalue weighted by Crippen LogP contribution is 2.31. The van der Waals surface area contributed by atoms with Gasteiger partial charge in [0.1, 0.15) is 12.4 Å². The van der Waals surface area contributed by atoms with Crippen LogP contribution in [-0.2, 0) is 16.1 Å². The van der Waals surface area contributed by atoms with Gasteiger partial charge in [0.25, 0.3) is 0 Å². The molecule has 2 rings (SSSR count). The van der Waals surface area contributed by atoms with Crippen molar-refractivity contribution in [3.63, 3.8) is 0 Å². The largest absolute Gasteiger partial charge is 0.489 e. The van der Waals surface area contributed by atoms with E-state index in [2.05, 4.69) is 15.9 Å². The zero-order valence-corrected chi connectivity index (χ0v) is 16.1. The lowest BCUT2D eigenvalue weighted by Crippen LogP contribution is -2.36. The van der Waals surface area contributed by atoms with E-state index in [-0.39, 0.29) is 18.4 Å². The molecule has 6 heteroatoms. The number of carbonyl (C=O) groups is 1. The lowest BCUT2D eigenvalue weighted by Gasteiger charge is -2.27. The lowest BCUT2D eigenvalue weighted by atomic mass is 10.0. The molecule has 0 saturated carbocycles. The van der Waals surface area contributed by atoms with Gasteiger partial charge in [-0.2, -0.15) is 0 Å². The van der Waals surface area contributed by atoms with Crippen LogP contribution in [0.4, 0.5) is 0 Å². The van der Waals surface area contributed by atoms with Crippen molar-refractivity contribution in [2.75, 3.05) is 26.9 Å². The average molecular weight is 400 g/mol. The van der Waals surface area contributed by atoms with Gasteiger partial charge in [-0.1, -0.05) is 12.1 Å². The molecule has 0 bridgehead atoms. The molecule has 0 aliphatic carbocycles. The number of nitrogens with zero attached hydrogens (tertiary/aromatic N) is 1. The molecule has 1 saturated heterocycles. The number of ether oxygens (including phenoxy) is 2. The van der Waals surface area contributed by atoms with Gasteiger partial charge in [0, 0.05) is 25.8 Å². The molecular weight excluding hydrogens is 374 g/mol. The number of carbonyl (C=O) groups excluding carboxylic acids is 1. The molecule has 1 amide bonds. The van der Waals surface area contributed by atoms with Crippen LogP contribution in [0, 0.1) is 5.92 Å². The maximum absolute atomic E-state index is 12.6. The van der Waals surface area contributed by atoms with E-state index >= 15 is 0 Å². The summed E-state index contributed by atoms with van der Waals surface area (Å²) in [6.07, 6.45) is 1.81. The maximum Gasteiger partial charge on any atom is 0.228 e. The molecule has 1 aliphatic heterocycles. The van der Waals surface area contributed by atoms with Crippen molar-refractivity contribution >= 4 is 21.8 Å². The van der Waals surface area contributed by atoms with Crippen molar-refractivity contribution in [1.82, 2.24) is 4.90 Å². The summed E-state index contributed by atoms with van der Waals surface area (Å²) >= 11 is 3.49. The molecule has 5 nitrogen and oxygen atoms in total. The maximum atomic E-state index is 12.6. The van der Waals surface area contributed by atoms with Crippen molar-refractivity contribution in [3.8, 4) is 5.75 Å². The average Bonchev–Trinajstić information content (AvgIpc) is 2.53. The van der Waals surface area contributed by atoms with E-state index in [0.29, 0.717) is 18.9 Å². The van der Waals surface area contributed by atoms with Gasteiger partial charge in [-0.25, -0.2) is 0 Å². The summed E-state index contributed by atoms with van der Waals surface area (Å²) in [5, 5.41) is 9.88. The summed E-state index contributed by atoms with van der Waals surface area (Å²) < 4.78 is 12.0. The Balaban J connectivity index is 2.07. The van der Waals surface area contributed by atoms with Crippen LogP contribution >= 0.6 is 15.9 Å². The molecule has 1 aromatic carbocycles. The van der Waals surface area contributed by atoms with Crippen LogP contribution in [0.2, 0.25) is 0 Å². The number of para-hydroxylation sites is 1. The van der Waals surface area contributed by atoms with Crippen LogP contribution in [-0.4, -0.2) is 48.4 Å². The van der Waals surface area contributed by atoms with E-state index in [4.69, 9.17) is 9.47 Å². The predicted octanol–water partition coefficient (Wildman–Crippen LogP) is 2.98. The van der Waals surface area contributed by atoms with Crippen LogP contribution in [0.25, 0.3) is 0 Å². The van der Waals surface area contributed by atoms with E-state index in [1.165, 1.54) is 0 Å². The van der Waals surface area contributed by atoms with Gasteiger partial charge < -0.3 is 19.5 Å². The molecule has 134 valence electrons. The van der Waals surface area contributed by atoms with E-state index in [0.717, 1.165) is 29.5 Å². The monoisotopic (exact) mass is 399 g/mol. The lowest BCUT2D eigenvalue weighted by molar-refractivity contribution is -0.138. The Morgan fingerprint density at radius 3 is 2.88 bits per heavy atom. The Bertz CT molecular complexity index is 565. The zero-order valence-electron chi connectivity index (χ0n) is 14.5. The molecule has 1 atom stereocenters. The first kappa shape index (κ1) is 19.2. The molecule has 1 aliphatic rings. The minimum absolute atomic E-state index is 0.0587. The van der Waals surface area contributed by atoms with Crippen molar-refractivity contribution in [2.45, 2.75) is 38.8 Å². The summed E-state index contributed by atoms with van der Waals surface area (Å²) in [6.45, 7) is 5.27. The highest BCUT2D eigenvalue weighted by atomic mass is 79.9. The van der Waals surface area contributed by atoms with Gasteiger partial charge in [-0.05, 0) is 48.7 Å². The third-order valence-corrected chi connectivity index (χ3v) is 4.54. The molecule has 0 unspecified atom stereocenters. The number of halogens is 1. The van der Waals surface area contributed by atoms with Crippen LogP contribution in [0.1, 0.15) is 32.3 Å². The quantitative estimate of drug-likeness (QED) is 0.798. The normalized spacial score (nSPS) is 18.3. The highest BCUT2D eigenvalue weighted by molar-refractivity contribution is 9.10. The van der Waals surface area contributed by atoms with Crippen molar-refractivity contribution in [1.29, 1.82) is 0 Å². The number of hydrogen-bond donors (Lipinski definition) is 1. The summed E-state index contributed by atoms with van der Waals surface area (Å²) in [5.41, 5.74) is -0.0190.